The van der Waals surface area contributed by atoms with E-state index in [0.29, 0.717) is 5.02 Å². The lowest BCUT2D eigenvalue weighted by Gasteiger charge is -2.12. The van der Waals surface area contributed by atoms with Crippen molar-refractivity contribution in [2.75, 3.05) is 6.54 Å². The highest BCUT2D eigenvalue weighted by molar-refractivity contribution is 9.10. The first-order valence-corrected chi connectivity index (χ1v) is 7.28. The molecular formula is C15H15BrClNO. The van der Waals surface area contributed by atoms with Gasteiger partial charge in [-0.25, -0.2) is 0 Å². The van der Waals surface area contributed by atoms with Crippen molar-refractivity contribution < 1.29 is 4.74 Å². The summed E-state index contributed by atoms with van der Waals surface area (Å²) >= 11 is 9.44. The van der Waals surface area contributed by atoms with Gasteiger partial charge in [0.2, 0.25) is 0 Å². The molecule has 4 heteroatoms. The Bertz CT molecular complexity index is 560. The van der Waals surface area contributed by atoms with Gasteiger partial charge >= 0.3 is 0 Å². The van der Waals surface area contributed by atoms with Crippen molar-refractivity contribution in [2.24, 2.45) is 0 Å². The Balaban J connectivity index is 2.23. The Morgan fingerprint density at radius 2 is 2.05 bits per heavy atom. The Morgan fingerprint density at radius 3 is 2.79 bits per heavy atom. The van der Waals surface area contributed by atoms with E-state index in [1.54, 1.807) is 6.07 Å². The lowest BCUT2D eigenvalue weighted by atomic mass is 10.2. The van der Waals surface area contributed by atoms with E-state index in [2.05, 4.69) is 34.2 Å². The average Bonchev–Trinajstić information content (AvgIpc) is 2.39. The van der Waals surface area contributed by atoms with Crippen LogP contribution < -0.4 is 10.1 Å². The molecule has 2 rings (SSSR count). The second-order valence-corrected chi connectivity index (χ2v) is 5.44. The predicted octanol–water partition coefficient (Wildman–Crippen LogP) is 5.00. The van der Waals surface area contributed by atoms with Crippen molar-refractivity contribution in [3.63, 3.8) is 0 Å². The molecule has 2 aromatic rings. The SMILES string of the molecule is CCNCc1cc(Br)ccc1Oc1cccc(Cl)c1. The second-order valence-electron chi connectivity index (χ2n) is 4.09. The molecule has 0 aliphatic carbocycles. The molecule has 100 valence electrons. The largest absolute Gasteiger partial charge is 0.457 e. The lowest BCUT2D eigenvalue weighted by Crippen LogP contribution is -2.12. The van der Waals surface area contributed by atoms with E-state index < -0.39 is 0 Å². The number of benzene rings is 2. The molecule has 19 heavy (non-hydrogen) atoms. The van der Waals surface area contributed by atoms with Crippen LogP contribution in [0.4, 0.5) is 0 Å². The third-order valence-corrected chi connectivity index (χ3v) is 3.34. The van der Waals surface area contributed by atoms with Gasteiger partial charge in [0.25, 0.3) is 0 Å². The summed E-state index contributed by atoms with van der Waals surface area (Å²) in [5.41, 5.74) is 1.11. The molecule has 0 heterocycles. The van der Waals surface area contributed by atoms with Crippen LogP contribution in [0.5, 0.6) is 11.5 Å². The molecule has 0 spiro atoms. The Hall–Kier alpha value is -1.03. The third kappa shape index (κ3) is 4.23. The van der Waals surface area contributed by atoms with E-state index in [1.165, 1.54) is 0 Å². The van der Waals surface area contributed by atoms with Crippen molar-refractivity contribution in [1.82, 2.24) is 5.32 Å². The molecule has 0 saturated heterocycles. The first kappa shape index (κ1) is 14.4. The van der Waals surface area contributed by atoms with E-state index in [4.69, 9.17) is 16.3 Å². The van der Waals surface area contributed by atoms with Crippen LogP contribution >= 0.6 is 27.5 Å². The van der Waals surface area contributed by atoms with Gasteiger partial charge in [0, 0.05) is 21.6 Å². The molecule has 0 fully saturated rings. The smallest absolute Gasteiger partial charge is 0.131 e. The Labute approximate surface area is 126 Å². The highest BCUT2D eigenvalue weighted by Crippen LogP contribution is 2.29. The van der Waals surface area contributed by atoms with Crippen LogP contribution in [-0.4, -0.2) is 6.54 Å². The highest BCUT2D eigenvalue weighted by atomic mass is 79.9. The summed E-state index contributed by atoms with van der Waals surface area (Å²) in [7, 11) is 0. The third-order valence-electron chi connectivity index (χ3n) is 2.61. The molecular weight excluding hydrogens is 326 g/mol. The standard InChI is InChI=1S/C15H15BrClNO/c1-2-18-10-11-8-12(16)6-7-15(11)19-14-5-3-4-13(17)9-14/h3-9,18H,2,10H2,1H3. The minimum atomic E-state index is 0.669. The van der Waals surface area contributed by atoms with Crippen molar-refractivity contribution >= 4 is 27.5 Å². The summed E-state index contributed by atoms with van der Waals surface area (Å²) in [6.45, 7) is 3.77. The number of rotatable bonds is 5. The average molecular weight is 341 g/mol. The molecule has 0 bridgehead atoms. The quantitative estimate of drug-likeness (QED) is 0.826. The van der Waals surface area contributed by atoms with E-state index in [0.717, 1.165) is 34.6 Å². The van der Waals surface area contributed by atoms with Crippen LogP contribution in [0.1, 0.15) is 12.5 Å². The first-order valence-electron chi connectivity index (χ1n) is 6.11. The van der Waals surface area contributed by atoms with E-state index in [1.807, 2.05) is 30.3 Å². The fourth-order valence-corrected chi connectivity index (χ4v) is 2.29. The van der Waals surface area contributed by atoms with Gasteiger partial charge in [-0.15, -0.1) is 0 Å². The summed E-state index contributed by atoms with van der Waals surface area (Å²) < 4.78 is 6.94. The van der Waals surface area contributed by atoms with Gasteiger partial charge in [-0.05, 0) is 42.9 Å². The first-order chi connectivity index (χ1) is 9.19. The minimum Gasteiger partial charge on any atom is -0.457 e. The fraction of sp³-hybridized carbons (Fsp3) is 0.200. The van der Waals surface area contributed by atoms with E-state index >= 15 is 0 Å². The van der Waals surface area contributed by atoms with Crippen molar-refractivity contribution in [1.29, 1.82) is 0 Å². The number of hydrogen-bond donors (Lipinski definition) is 1. The molecule has 0 aliphatic heterocycles. The van der Waals surface area contributed by atoms with Gasteiger partial charge < -0.3 is 10.1 Å². The highest BCUT2D eigenvalue weighted by Gasteiger charge is 2.06. The van der Waals surface area contributed by atoms with Crippen LogP contribution in [0, 0.1) is 0 Å². The van der Waals surface area contributed by atoms with Gasteiger partial charge in [-0.3, -0.25) is 0 Å². The molecule has 2 nitrogen and oxygen atoms in total. The van der Waals surface area contributed by atoms with Gasteiger partial charge in [-0.2, -0.15) is 0 Å². The van der Waals surface area contributed by atoms with Gasteiger partial charge in [0.15, 0.2) is 0 Å². The monoisotopic (exact) mass is 339 g/mol. The van der Waals surface area contributed by atoms with Crippen LogP contribution in [0.25, 0.3) is 0 Å². The Morgan fingerprint density at radius 1 is 1.21 bits per heavy atom. The lowest BCUT2D eigenvalue weighted by molar-refractivity contribution is 0.473. The summed E-state index contributed by atoms with van der Waals surface area (Å²) in [6, 6.07) is 13.4. The molecule has 0 aromatic heterocycles. The van der Waals surface area contributed by atoms with Gasteiger partial charge in [0.1, 0.15) is 11.5 Å². The summed E-state index contributed by atoms with van der Waals surface area (Å²) in [4.78, 5) is 0. The zero-order valence-electron chi connectivity index (χ0n) is 10.6. The minimum absolute atomic E-state index is 0.669. The van der Waals surface area contributed by atoms with E-state index in [-0.39, 0.29) is 0 Å². The maximum Gasteiger partial charge on any atom is 0.131 e. The van der Waals surface area contributed by atoms with Gasteiger partial charge in [-0.1, -0.05) is 40.5 Å². The van der Waals surface area contributed by atoms with Crippen LogP contribution in [0.15, 0.2) is 46.9 Å². The molecule has 1 N–H and O–H groups in total. The number of ether oxygens (including phenoxy) is 1. The molecule has 0 radical (unpaired) electrons. The molecule has 0 atom stereocenters. The topological polar surface area (TPSA) is 21.3 Å². The van der Waals surface area contributed by atoms with Crippen LogP contribution in [0.2, 0.25) is 5.02 Å². The fourth-order valence-electron chi connectivity index (χ4n) is 1.70. The molecule has 0 saturated carbocycles. The van der Waals surface area contributed by atoms with Crippen molar-refractivity contribution in [3.05, 3.63) is 57.5 Å². The number of nitrogens with one attached hydrogen (secondary N) is 1. The zero-order valence-corrected chi connectivity index (χ0v) is 13.0. The predicted molar refractivity (Wildman–Crippen MR) is 83.0 cm³/mol. The zero-order chi connectivity index (χ0) is 13.7. The molecule has 2 aromatic carbocycles. The van der Waals surface area contributed by atoms with Crippen molar-refractivity contribution in [2.45, 2.75) is 13.5 Å². The van der Waals surface area contributed by atoms with Gasteiger partial charge in [0.05, 0.1) is 0 Å². The molecule has 0 aliphatic rings. The molecule has 0 amide bonds. The number of hydrogen-bond acceptors (Lipinski definition) is 2. The second kappa shape index (κ2) is 6.94. The maximum absolute atomic E-state index is 5.96. The van der Waals surface area contributed by atoms with Crippen LogP contribution in [-0.2, 0) is 6.54 Å². The van der Waals surface area contributed by atoms with Crippen LogP contribution in [0.3, 0.4) is 0 Å². The molecule has 0 unspecified atom stereocenters. The van der Waals surface area contributed by atoms with E-state index in [9.17, 15) is 0 Å². The maximum atomic E-state index is 5.96. The summed E-state index contributed by atoms with van der Waals surface area (Å²) in [5, 5.41) is 3.97. The normalized spacial score (nSPS) is 10.5. The summed E-state index contributed by atoms with van der Waals surface area (Å²) in [5.74, 6) is 1.58. The Kier molecular flexibility index (Phi) is 5.25. The summed E-state index contributed by atoms with van der Waals surface area (Å²) in [6.07, 6.45) is 0. The van der Waals surface area contributed by atoms with Crippen molar-refractivity contribution in [3.8, 4) is 11.5 Å². The number of halogens is 2.